The summed E-state index contributed by atoms with van der Waals surface area (Å²) in [6, 6.07) is 3.56. The van der Waals surface area contributed by atoms with Gasteiger partial charge in [0, 0.05) is 30.0 Å². The largest absolute Gasteiger partial charge is 0.495 e. The average molecular weight is 333 g/mol. The third-order valence-corrected chi connectivity index (χ3v) is 3.46. The molecule has 23 heavy (non-hydrogen) atoms. The molecule has 0 aliphatic rings. The Kier molecular flexibility index (Phi) is 5.54. The van der Waals surface area contributed by atoms with Gasteiger partial charge in [-0.15, -0.1) is 6.58 Å². The fraction of sp³-hybridized carbons (Fsp3) is 0.188. The first-order valence-electron chi connectivity index (χ1n) is 6.87. The topological polar surface area (TPSA) is 76.1 Å². The molecule has 0 atom stereocenters. The Hall–Kier alpha value is -2.60. The minimum Gasteiger partial charge on any atom is -0.495 e. The van der Waals surface area contributed by atoms with Gasteiger partial charge in [0.1, 0.15) is 5.75 Å². The van der Waals surface area contributed by atoms with Crippen LogP contribution in [0.5, 0.6) is 5.75 Å². The molecule has 0 bridgehead atoms. The Labute approximate surface area is 139 Å². The number of aromatic nitrogens is 2. The van der Waals surface area contributed by atoms with Crippen molar-refractivity contribution in [2.45, 2.75) is 6.92 Å². The number of carbonyl (C=O) groups excluding carboxylic acids is 1. The second kappa shape index (κ2) is 7.60. The number of methoxy groups -OCH3 is 1. The minimum atomic E-state index is -0.253. The highest BCUT2D eigenvalue weighted by Gasteiger charge is 2.10. The van der Waals surface area contributed by atoms with Crippen LogP contribution in [0.2, 0.25) is 5.02 Å². The fourth-order valence-corrected chi connectivity index (χ4v) is 1.98. The molecule has 0 spiro atoms. The predicted molar refractivity (Wildman–Crippen MR) is 90.6 cm³/mol. The molecule has 2 rings (SSSR count). The molecule has 0 aliphatic carbocycles. The Bertz CT molecular complexity index is 717. The average Bonchev–Trinajstić information content (AvgIpc) is 2.56. The summed E-state index contributed by atoms with van der Waals surface area (Å²) in [5.41, 5.74) is 1.96. The van der Waals surface area contributed by atoms with Gasteiger partial charge in [-0.05, 0) is 18.6 Å². The molecule has 7 heteroatoms. The number of hydrogen-bond acceptors (Lipinski definition) is 5. The molecule has 1 heterocycles. The first kappa shape index (κ1) is 16.8. The fourth-order valence-electron chi connectivity index (χ4n) is 1.83. The summed E-state index contributed by atoms with van der Waals surface area (Å²) in [4.78, 5) is 20.0. The van der Waals surface area contributed by atoms with E-state index in [0.717, 1.165) is 5.56 Å². The Morgan fingerprint density at radius 2 is 2.09 bits per heavy atom. The maximum atomic E-state index is 11.8. The first-order valence-corrected chi connectivity index (χ1v) is 7.25. The van der Waals surface area contributed by atoms with Crippen molar-refractivity contribution in [2.24, 2.45) is 0 Å². The van der Waals surface area contributed by atoms with Crippen molar-refractivity contribution in [3.8, 4) is 5.75 Å². The van der Waals surface area contributed by atoms with E-state index in [1.807, 2.05) is 13.0 Å². The number of amides is 1. The van der Waals surface area contributed by atoms with Gasteiger partial charge in [0.25, 0.3) is 5.91 Å². The number of rotatable bonds is 6. The number of hydrogen-bond donors (Lipinski definition) is 2. The standard InChI is InChI=1S/C16H17ClN4O2/c1-4-5-18-15(22)11-8-19-16(20-9-11)21-13-6-10(2)12(17)7-14(13)23-3/h4,6-9H,1,5H2,2-3H3,(H,18,22)(H,19,20,21). The SMILES string of the molecule is C=CCNC(=O)c1cnc(Nc2cc(C)c(Cl)cc2OC)nc1. The van der Waals surface area contributed by atoms with Crippen molar-refractivity contribution < 1.29 is 9.53 Å². The van der Waals surface area contributed by atoms with E-state index in [9.17, 15) is 4.79 Å². The van der Waals surface area contributed by atoms with Gasteiger partial charge in [-0.1, -0.05) is 17.7 Å². The van der Waals surface area contributed by atoms with E-state index in [4.69, 9.17) is 16.3 Å². The highest BCUT2D eigenvalue weighted by Crippen LogP contribution is 2.32. The minimum absolute atomic E-state index is 0.253. The van der Waals surface area contributed by atoms with E-state index >= 15 is 0 Å². The van der Waals surface area contributed by atoms with Crippen molar-refractivity contribution in [2.75, 3.05) is 19.0 Å². The summed E-state index contributed by atoms with van der Waals surface area (Å²) in [6.07, 6.45) is 4.50. The van der Waals surface area contributed by atoms with Crippen LogP contribution in [0.3, 0.4) is 0 Å². The van der Waals surface area contributed by atoms with Crippen LogP contribution in [0.25, 0.3) is 0 Å². The van der Waals surface area contributed by atoms with Crippen molar-refractivity contribution >= 4 is 29.1 Å². The molecule has 1 aromatic heterocycles. The second-order valence-corrected chi connectivity index (χ2v) is 5.13. The molecule has 0 unspecified atom stereocenters. The van der Waals surface area contributed by atoms with Crippen molar-refractivity contribution in [1.82, 2.24) is 15.3 Å². The number of aryl methyl sites for hydroxylation is 1. The zero-order chi connectivity index (χ0) is 16.8. The molecule has 0 aliphatic heterocycles. The summed E-state index contributed by atoms with van der Waals surface area (Å²) in [5, 5.41) is 6.32. The van der Waals surface area contributed by atoms with E-state index in [1.54, 1.807) is 19.3 Å². The van der Waals surface area contributed by atoms with Gasteiger partial charge in [-0.3, -0.25) is 4.79 Å². The zero-order valence-corrected chi connectivity index (χ0v) is 13.6. The number of ether oxygens (including phenoxy) is 1. The lowest BCUT2D eigenvalue weighted by Gasteiger charge is -2.12. The van der Waals surface area contributed by atoms with E-state index in [1.165, 1.54) is 12.4 Å². The summed E-state index contributed by atoms with van der Waals surface area (Å²) in [6.45, 7) is 5.82. The van der Waals surface area contributed by atoms with Gasteiger partial charge in [-0.25, -0.2) is 9.97 Å². The molecule has 0 saturated heterocycles. The lowest BCUT2D eigenvalue weighted by Crippen LogP contribution is -2.23. The van der Waals surface area contributed by atoms with Gasteiger partial charge in [0.2, 0.25) is 5.95 Å². The molecule has 0 saturated carbocycles. The van der Waals surface area contributed by atoms with E-state index in [-0.39, 0.29) is 5.91 Å². The molecular weight excluding hydrogens is 316 g/mol. The normalized spacial score (nSPS) is 10.0. The number of halogens is 1. The van der Waals surface area contributed by atoms with Crippen molar-refractivity contribution in [1.29, 1.82) is 0 Å². The summed E-state index contributed by atoms with van der Waals surface area (Å²) >= 11 is 6.07. The van der Waals surface area contributed by atoms with Gasteiger partial charge in [0.15, 0.2) is 0 Å². The molecule has 120 valence electrons. The molecule has 2 N–H and O–H groups in total. The maximum absolute atomic E-state index is 11.8. The number of anilines is 2. The highest BCUT2D eigenvalue weighted by molar-refractivity contribution is 6.31. The van der Waals surface area contributed by atoms with Gasteiger partial charge in [-0.2, -0.15) is 0 Å². The third-order valence-electron chi connectivity index (χ3n) is 3.05. The molecule has 1 amide bonds. The highest BCUT2D eigenvalue weighted by atomic mass is 35.5. The monoisotopic (exact) mass is 332 g/mol. The van der Waals surface area contributed by atoms with Crippen LogP contribution in [0, 0.1) is 6.92 Å². The number of nitrogens with one attached hydrogen (secondary N) is 2. The number of nitrogens with zero attached hydrogens (tertiary/aromatic N) is 2. The molecule has 1 aromatic carbocycles. The van der Waals surface area contributed by atoms with Crippen LogP contribution in [-0.2, 0) is 0 Å². The van der Waals surface area contributed by atoms with Crippen LogP contribution in [0.4, 0.5) is 11.6 Å². The van der Waals surface area contributed by atoms with E-state index in [2.05, 4.69) is 27.2 Å². The number of benzene rings is 1. The van der Waals surface area contributed by atoms with Crippen LogP contribution < -0.4 is 15.4 Å². The zero-order valence-electron chi connectivity index (χ0n) is 12.9. The lowest BCUT2D eigenvalue weighted by atomic mass is 10.2. The molecule has 6 nitrogen and oxygen atoms in total. The predicted octanol–water partition coefficient (Wildman–Crippen LogP) is 3.11. The molecule has 2 aromatic rings. The van der Waals surface area contributed by atoms with Crippen LogP contribution in [0.1, 0.15) is 15.9 Å². The van der Waals surface area contributed by atoms with Crippen LogP contribution >= 0.6 is 11.6 Å². The number of carbonyl (C=O) groups is 1. The van der Waals surface area contributed by atoms with E-state index in [0.29, 0.717) is 34.5 Å². The molecule has 0 fully saturated rings. The summed E-state index contributed by atoms with van der Waals surface area (Å²) in [7, 11) is 1.56. The summed E-state index contributed by atoms with van der Waals surface area (Å²) in [5.74, 6) is 0.679. The van der Waals surface area contributed by atoms with Crippen LogP contribution in [-0.4, -0.2) is 29.5 Å². The Morgan fingerprint density at radius 3 is 2.70 bits per heavy atom. The van der Waals surface area contributed by atoms with Gasteiger partial charge < -0.3 is 15.4 Å². The van der Waals surface area contributed by atoms with Crippen molar-refractivity contribution in [3.05, 3.63) is 53.3 Å². The molecular formula is C16H17ClN4O2. The Balaban J connectivity index is 2.17. The van der Waals surface area contributed by atoms with Crippen molar-refractivity contribution in [3.63, 3.8) is 0 Å². The Morgan fingerprint density at radius 1 is 1.39 bits per heavy atom. The smallest absolute Gasteiger partial charge is 0.254 e. The van der Waals surface area contributed by atoms with E-state index < -0.39 is 0 Å². The van der Waals surface area contributed by atoms with Gasteiger partial charge >= 0.3 is 0 Å². The second-order valence-electron chi connectivity index (χ2n) is 4.72. The van der Waals surface area contributed by atoms with Crippen LogP contribution in [0.15, 0.2) is 37.2 Å². The van der Waals surface area contributed by atoms with Gasteiger partial charge in [0.05, 0.1) is 18.4 Å². The maximum Gasteiger partial charge on any atom is 0.254 e. The molecule has 0 radical (unpaired) electrons. The first-order chi connectivity index (χ1) is 11.0. The third kappa shape index (κ3) is 4.20. The summed E-state index contributed by atoms with van der Waals surface area (Å²) < 4.78 is 5.28. The quantitative estimate of drug-likeness (QED) is 0.795. The lowest BCUT2D eigenvalue weighted by molar-refractivity contribution is 0.0957.